The summed E-state index contributed by atoms with van der Waals surface area (Å²) in [6.45, 7) is 0. The molecule has 0 aromatic carbocycles. The van der Waals surface area contributed by atoms with Crippen molar-refractivity contribution in [2.24, 2.45) is 11.5 Å². The Bertz CT molecular complexity index is 210. The van der Waals surface area contributed by atoms with E-state index in [4.69, 9.17) is 5.73 Å². The topological polar surface area (TPSA) is 82.0 Å². The number of aromatic nitrogens is 1. The molecular formula is C7H11N3O. The number of carbonyl (C=O) groups is 1. The average Bonchev–Trinajstić information content (AvgIpc) is 2.10. The zero-order valence-corrected chi connectivity index (χ0v) is 6.32. The monoisotopic (exact) mass is 153 g/mol. The van der Waals surface area contributed by atoms with Crippen molar-refractivity contribution in [3.8, 4) is 0 Å². The fourth-order valence-electron chi connectivity index (χ4n) is 0.509. The van der Waals surface area contributed by atoms with Crippen LogP contribution < -0.4 is 11.5 Å². The highest BCUT2D eigenvalue weighted by Crippen LogP contribution is 1.88. The van der Waals surface area contributed by atoms with Crippen molar-refractivity contribution in [1.29, 1.82) is 0 Å². The number of carbonyl (C=O) groups excluding carboxylic acids is 1. The average molecular weight is 153 g/mol. The van der Waals surface area contributed by atoms with Gasteiger partial charge in [-0.05, 0) is 19.2 Å². The first-order valence-corrected chi connectivity index (χ1v) is 3.09. The maximum absolute atomic E-state index is 10.4. The van der Waals surface area contributed by atoms with Gasteiger partial charge in [-0.1, -0.05) is 6.07 Å². The van der Waals surface area contributed by atoms with Crippen LogP contribution in [0.5, 0.6) is 0 Å². The highest BCUT2D eigenvalue weighted by atomic mass is 16.1. The molecular weight excluding hydrogens is 142 g/mol. The van der Waals surface area contributed by atoms with Crippen molar-refractivity contribution < 1.29 is 4.79 Å². The molecule has 0 radical (unpaired) electrons. The summed E-state index contributed by atoms with van der Waals surface area (Å²) in [6.07, 6.45) is 1.53. The van der Waals surface area contributed by atoms with Gasteiger partial charge >= 0.3 is 0 Å². The fourth-order valence-corrected chi connectivity index (χ4v) is 0.509. The summed E-state index contributed by atoms with van der Waals surface area (Å²) < 4.78 is 0. The van der Waals surface area contributed by atoms with Crippen LogP contribution in [0.1, 0.15) is 10.5 Å². The minimum atomic E-state index is -0.490. The summed E-state index contributed by atoms with van der Waals surface area (Å²) in [4.78, 5) is 14.1. The molecule has 0 aliphatic heterocycles. The van der Waals surface area contributed by atoms with Crippen molar-refractivity contribution in [2.75, 3.05) is 7.05 Å². The number of rotatable bonds is 1. The molecule has 4 heteroatoms. The van der Waals surface area contributed by atoms with Crippen LogP contribution in [-0.2, 0) is 0 Å². The molecule has 0 unspecified atom stereocenters. The lowest BCUT2D eigenvalue weighted by atomic mass is 10.3. The summed E-state index contributed by atoms with van der Waals surface area (Å²) in [5, 5.41) is 0. The highest BCUT2D eigenvalue weighted by molar-refractivity contribution is 5.90. The second-order valence-electron chi connectivity index (χ2n) is 1.58. The Morgan fingerprint density at radius 1 is 1.45 bits per heavy atom. The number of hydrogen-bond donors (Lipinski definition) is 2. The number of pyridine rings is 1. The van der Waals surface area contributed by atoms with Gasteiger partial charge in [-0.3, -0.25) is 9.78 Å². The predicted octanol–water partition coefficient (Wildman–Crippen LogP) is -0.245. The van der Waals surface area contributed by atoms with Gasteiger partial charge in [0.25, 0.3) is 5.91 Å². The third kappa shape index (κ3) is 3.32. The number of primary amides is 1. The third-order valence-corrected chi connectivity index (χ3v) is 0.917. The van der Waals surface area contributed by atoms with Crippen LogP contribution in [0.3, 0.4) is 0 Å². The first kappa shape index (κ1) is 9.58. The second kappa shape index (κ2) is 5.37. The molecule has 1 rings (SSSR count). The molecule has 60 valence electrons. The molecule has 0 saturated carbocycles. The number of amides is 1. The summed E-state index contributed by atoms with van der Waals surface area (Å²) in [5.41, 5.74) is 9.72. The maximum Gasteiger partial charge on any atom is 0.267 e. The van der Waals surface area contributed by atoms with Gasteiger partial charge < -0.3 is 11.5 Å². The molecule has 1 heterocycles. The van der Waals surface area contributed by atoms with E-state index in [0.29, 0.717) is 5.69 Å². The van der Waals surface area contributed by atoms with Crippen LogP contribution in [0.4, 0.5) is 0 Å². The smallest absolute Gasteiger partial charge is 0.267 e. The van der Waals surface area contributed by atoms with Crippen LogP contribution in [0.2, 0.25) is 0 Å². The van der Waals surface area contributed by atoms with Crippen molar-refractivity contribution in [3.63, 3.8) is 0 Å². The van der Waals surface area contributed by atoms with E-state index in [-0.39, 0.29) is 0 Å². The van der Waals surface area contributed by atoms with Gasteiger partial charge in [0, 0.05) is 6.20 Å². The minimum Gasteiger partial charge on any atom is -0.364 e. The Morgan fingerprint density at radius 2 is 2.09 bits per heavy atom. The SMILES string of the molecule is CN.NC(=O)c1ccccn1. The summed E-state index contributed by atoms with van der Waals surface area (Å²) in [7, 11) is 1.50. The molecule has 0 aliphatic rings. The second-order valence-corrected chi connectivity index (χ2v) is 1.58. The van der Waals surface area contributed by atoms with Crippen molar-refractivity contribution in [2.45, 2.75) is 0 Å². The van der Waals surface area contributed by atoms with Crippen LogP contribution in [0, 0.1) is 0 Å². The molecule has 0 aliphatic carbocycles. The first-order chi connectivity index (χ1) is 5.30. The molecule has 1 amide bonds. The zero-order chi connectivity index (χ0) is 8.69. The summed E-state index contributed by atoms with van der Waals surface area (Å²) in [5.74, 6) is -0.490. The molecule has 0 spiro atoms. The Hall–Kier alpha value is -1.42. The minimum absolute atomic E-state index is 0.303. The van der Waals surface area contributed by atoms with Gasteiger partial charge in [0.2, 0.25) is 0 Å². The lowest BCUT2D eigenvalue weighted by Gasteiger charge is -1.88. The van der Waals surface area contributed by atoms with Gasteiger partial charge in [0.1, 0.15) is 5.69 Å². The fraction of sp³-hybridized carbons (Fsp3) is 0.143. The highest BCUT2D eigenvalue weighted by Gasteiger charge is 1.95. The molecule has 0 bridgehead atoms. The predicted molar refractivity (Wildman–Crippen MR) is 42.9 cm³/mol. The Morgan fingerprint density at radius 3 is 2.36 bits per heavy atom. The van der Waals surface area contributed by atoms with Crippen LogP contribution in [0.15, 0.2) is 24.4 Å². The standard InChI is InChI=1S/C6H6N2O.CH5N/c7-6(9)5-3-1-2-4-8-5;1-2/h1-4H,(H2,7,9);2H2,1H3. The molecule has 11 heavy (non-hydrogen) atoms. The molecule has 4 N–H and O–H groups in total. The molecule has 0 saturated heterocycles. The van der Waals surface area contributed by atoms with Gasteiger partial charge in [0.05, 0.1) is 0 Å². The zero-order valence-electron chi connectivity index (χ0n) is 6.32. The molecule has 0 fully saturated rings. The lowest BCUT2D eigenvalue weighted by molar-refractivity contribution is 0.0995. The Labute approximate surface area is 65.2 Å². The molecule has 1 aromatic rings. The lowest BCUT2D eigenvalue weighted by Crippen LogP contribution is -2.12. The van der Waals surface area contributed by atoms with E-state index in [1.807, 2.05) is 0 Å². The van der Waals surface area contributed by atoms with Crippen molar-refractivity contribution in [1.82, 2.24) is 4.98 Å². The quantitative estimate of drug-likeness (QED) is 0.584. The van der Waals surface area contributed by atoms with E-state index < -0.39 is 5.91 Å². The molecule has 4 nitrogen and oxygen atoms in total. The number of nitrogens with two attached hydrogens (primary N) is 2. The maximum atomic E-state index is 10.4. The van der Waals surface area contributed by atoms with E-state index in [1.165, 1.54) is 13.2 Å². The van der Waals surface area contributed by atoms with E-state index in [1.54, 1.807) is 18.2 Å². The summed E-state index contributed by atoms with van der Waals surface area (Å²) in [6, 6.07) is 5.02. The van der Waals surface area contributed by atoms with E-state index >= 15 is 0 Å². The Balaban J connectivity index is 0.000000461. The number of nitrogens with zero attached hydrogens (tertiary/aromatic N) is 1. The van der Waals surface area contributed by atoms with E-state index in [0.717, 1.165) is 0 Å². The number of hydrogen-bond acceptors (Lipinski definition) is 3. The normalized spacial score (nSPS) is 7.82. The molecule has 1 aromatic heterocycles. The van der Waals surface area contributed by atoms with Crippen LogP contribution in [-0.4, -0.2) is 17.9 Å². The van der Waals surface area contributed by atoms with Crippen LogP contribution in [0.25, 0.3) is 0 Å². The van der Waals surface area contributed by atoms with Gasteiger partial charge in [0.15, 0.2) is 0 Å². The largest absolute Gasteiger partial charge is 0.364 e. The van der Waals surface area contributed by atoms with E-state index in [9.17, 15) is 4.79 Å². The van der Waals surface area contributed by atoms with Crippen LogP contribution >= 0.6 is 0 Å². The van der Waals surface area contributed by atoms with Gasteiger partial charge in [-0.25, -0.2) is 0 Å². The van der Waals surface area contributed by atoms with Gasteiger partial charge in [-0.15, -0.1) is 0 Å². The summed E-state index contributed by atoms with van der Waals surface area (Å²) >= 11 is 0. The molecule has 0 atom stereocenters. The first-order valence-electron chi connectivity index (χ1n) is 3.09. The third-order valence-electron chi connectivity index (χ3n) is 0.917. The van der Waals surface area contributed by atoms with Crippen molar-refractivity contribution >= 4 is 5.91 Å². The van der Waals surface area contributed by atoms with E-state index in [2.05, 4.69) is 10.7 Å². The van der Waals surface area contributed by atoms with Gasteiger partial charge in [-0.2, -0.15) is 0 Å². The Kier molecular flexibility index (Phi) is 4.68. The van der Waals surface area contributed by atoms with Crippen molar-refractivity contribution in [3.05, 3.63) is 30.1 Å².